The molecule has 5 nitrogen and oxygen atoms in total. The molecule has 2 rings (SSSR count). The Morgan fingerprint density at radius 2 is 2.32 bits per heavy atom. The SMILES string of the molecule is CCN(C)c1cnn(CCC2CCCC2N)c(=O)c1. The minimum atomic E-state index is -0.0237. The maximum absolute atomic E-state index is 12.0. The minimum Gasteiger partial charge on any atom is -0.373 e. The van der Waals surface area contributed by atoms with E-state index in [4.69, 9.17) is 5.73 Å². The highest BCUT2D eigenvalue weighted by atomic mass is 16.1. The highest BCUT2D eigenvalue weighted by molar-refractivity contribution is 5.41. The van der Waals surface area contributed by atoms with E-state index in [0.717, 1.165) is 25.1 Å². The van der Waals surface area contributed by atoms with E-state index in [-0.39, 0.29) is 5.56 Å². The third-order valence-electron chi connectivity index (χ3n) is 4.20. The summed E-state index contributed by atoms with van der Waals surface area (Å²) in [5, 5.41) is 4.25. The van der Waals surface area contributed by atoms with E-state index in [9.17, 15) is 4.79 Å². The number of aromatic nitrogens is 2. The molecule has 1 aromatic rings. The van der Waals surface area contributed by atoms with Gasteiger partial charge >= 0.3 is 0 Å². The molecule has 1 heterocycles. The monoisotopic (exact) mass is 264 g/mol. The van der Waals surface area contributed by atoms with E-state index in [2.05, 4.69) is 5.10 Å². The summed E-state index contributed by atoms with van der Waals surface area (Å²) in [5.74, 6) is 0.548. The van der Waals surface area contributed by atoms with Crippen molar-refractivity contribution in [2.45, 2.75) is 45.2 Å². The molecular weight excluding hydrogens is 240 g/mol. The standard InChI is InChI=1S/C14H24N4O/c1-3-17(2)12-9-14(19)18(16-10-12)8-7-11-5-4-6-13(11)15/h9-11,13H,3-8,15H2,1-2H3. The second kappa shape index (κ2) is 6.19. The van der Waals surface area contributed by atoms with E-state index in [1.165, 1.54) is 12.8 Å². The smallest absolute Gasteiger partial charge is 0.268 e. The molecule has 0 aromatic carbocycles. The number of anilines is 1. The molecule has 1 aromatic heterocycles. The van der Waals surface area contributed by atoms with Crippen LogP contribution in [0, 0.1) is 5.92 Å². The van der Waals surface area contributed by atoms with Gasteiger partial charge in [0.25, 0.3) is 5.56 Å². The number of rotatable bonds is 5. The molecule has 0 saturated heterocycles. The van der Waals surface area contributed by atoms with Gasteiger partial charge in [0, 0.05) is 32.2 Å². The zero-order valence-electron chi connectivity index (χ0n) is 11.9. The first kappa shape index (κ1) is 14.1. The molecule has 2 atom stereocenters. The molecule has 1 aliphatic rings. The normalized spacial score (nSPS) is 22.7. The molecule has 5 heteroatoms. The van der Waals surface area contributed by atoms with E-state index in [1.807, 2.05) is 18.9 Å². The predicted molar refractivity (Wildman–Crippen MR) is 77.4 cm³/mol. The first-order valence-corrected chi connectivity index (χ1v) is 7.15. The molecule has 2 unspecified atom stereocenters. The summed E-state index contributed by atoms with van der Waals surface area (Å²) in [6.45, 7) is 3.59. The van der Waals surface area contributed by atoms with Gasteiger partial charge in [0.1, 0.15) is 0 Å². The average Bonchev–Trinajstić information content (AvgIpc) is 2.82. The number of hydrogen-bond acceptors (Lipinski definition) is 4. The Bertz CT molecular complexity index is 471. The van der Waals surface area contributed by atoms with Crippen molar-refractivity contribution < 1.29 is 0 Å². The molecule has 0 radical (unpaired) electrons. The quantitative estimate of drug-likeness (QED) is 0.868. The number of nitrogens with two attached hydrogens (primary N) is 1. The molecule has 0 bridgehead atoms. The summed E-state index contributed by atoms with van der Waals surface area (Å²) in [6, 6.07) is 1.96. The highest BCUT2D eigenvalue weighted by Crippen LogP contribution is 2.26. The number of nitrogens with zero attached hydrogens (tertiary/aromatic N) is 3. The van der Waals surface area contributed by atoms with Gasteiger partial charge in [-0.25, -0.2) is 4.68 Å². The minimum absolute atomic E-state index is 0.0237. The Morgan fingerprint density at radius 1 is 1.53 bits per heavy atom. The van der Waals surface area contributed by atoms with E-state index < -0.39 is 0 Å². The molecule has 1 aliphatic carbocycles. The van der Waals surface area contributed by atoms with Crippen LogP contribution in [0.2, 0.25) is 0 Å². The van der Waals surface area contributed by atoms with Gasteiger partial charge in [-0.1, -0.05) is 6.42 Å². The van der Waals surface area contributed by atoms with Crippen molar-refractivity contribution >= 4 is 5.69 Å². The molecule has 19 heavy (non-hydrogen) atoms. The van der Waals surface area contributed by atoms with Crippen LogP contribution in [-0.4, -0.2) is 29.4 Å². The largest absolute Gasteiger partial charge is 0.373 e. The highest BCUT2D eigenvalue weighted by Gasteiger charge is 2.23. The van der Waals surface area contributed by atoms with Gasteiger partial charge in [0.15, 0.2) is 0 Å². The van der Waals surface area contributed by atoms with Crippen LogP contribution in [0.4, 0.5) is 5.69 Å². The van der Waals surface area contributed by atoms with Crippen LogP contribution in [0.15, 0.2) is 17.1 Å². The van der Waals surface area contributed by atoms with Crippen molar-refractivity contribution in [3.63, 3.8) is 0 Å². The van der Waals surface area contributed by atoms with Gasteiger partial charge in [-0.3, -0.25) is 4.79 Å². The Labute approximate surface area is 114 Å². The van der Waals surface area contributed by atoms with E-state index >= 15 is 0 Å². The Morgan fingerprint density at radius 3 is 2.89 bits per heavy atom. The average molecular weight is 264 g/mol. The van der Waals surface area contributed by atoms with Gasteiger partial charge in [-0.05, 0) is 32.1 Å². The first-order chi connectivity index (χ1) is 9.11. The lowest BCUT2D eigenvalue weighted by atomic mass is 10.0. The van der Waals surface area contributed by atoms with Crippen LogP contribution in [0.25, 0.3) is 0 Å². The summed E-state index contributed by atoms with van der Waals surface area (Å²) in [6.07, 6.45) is 6.24. The topological polar surface area (TPSA) is 64.2 Å². The Hall–Kier alpha value is -1.36. The molecule has 1 saturated carbocycles. The van der Waals surface area contributed by atoms with Crippen LogP contribution < -0.4 is 16.2 Å². The molecule has 0 aliphatic heterocycles. The Balaban J connectivity index is 1.99. The molecule has 2 N–H and O–H groups in total. The van der Waals surface area contributed by atoms with Crippen LogP contribution >= 0.6 is 0 Å². The lowest BCUT2D eigenvalue weighted by Crippen LogP contribution is -2.29. The third-order valence-corrected chi connectivity index (χ3v) is 4.20. The molecular formula is C14H24N4O. The summed E-state index contributed by atoms with van der Waals surface area (Å²) in [4.78, 5) is 14.0. The van der Waals surface area contributed by atoms with Crippen LogP contribution in [0.1, 0.15) is 32.6 Å². The second-order valence-corrected chi connectivity index (χ2v) is 5.43. The number of aryl methyl sites for hydroxylation is 1. The fraction of sp³-hybridized carbons (Fsp3) is 0.714. The van der Waals surface area contributed by atoms with Gasteiger partial charge in [0.2, 0.25) is 0 Å². The Kier molecular flexibility index (Phi) is 4.58. The van der Waals surface area contributed by atoms with Crippen molar-refractivity contribution in [2.75, 3.05) is 18.5 Å². The van der Waals surface area contributed by atoms with Crippen LogP contribution in [0.3, 0.4) is 0 Å². The van der Waals surface area contributed by atoms with Crippen molar-refractivity contribution in [3.8, 4) is 0 Å². The zero-order valence-corrected chi connectivity index (χ0v) is 11.9. The van der Waals surface area contributed by atoms with E-state index in [0.29, 0.717) is 18.5 Å². The van der Waals surface area contributed by atoms with Crippen molar-refractivity contribution in [3.05, 3.63) is 22.6 Å². The lowest BCUT2D eigenvalue weighted by Gasteiger charge is -2.17. The molecule has 0 spiro atoms. The predicted octanol–water partition coefficient (Wildman–Crippen LogP) is 1.22. The zero-order chi connectivity index (χ0) is 13.8. The summed E-state index contributed by atoms with van der Waals surface area (Å²) in [5.41, 5.74) is 6.90. The summed E-state index contributed by atoms with van der Waals surface area (Å²) < 4.78 is 1.55. The van der Waals surface area contributed by atoms with Gasteiger partial charge in [0.05, 0.1) is 11.9 Å². The summed E-state index contributed by atoms with van der Waals surface area (Å²) >= 11 is 0. The van der Waals surface area contributed by atoms with Gasteiger partial charge < -0.3 is 10.6 Å². The second-order valence-electron chi connectivity index (χ2n) is 5.43. The molecule has 1 fully saturated rings. The maximum atomic E-state index is 12.0. The van der Waals surface area contributed by atoms with Crippen LogP contribution in [0.5, 0.6) is 0 Å². The van der Waals surface area contributed by atoms with Crippen molar-refractivity contribution in [1.82, 2.24) is 9.78 Å². The van der Waals surface area contributed by atoms with Crippen LogP contribution in [-0.2, 0) is 6.54 Å². The van der Waals surface area contributed by atoms with Gasteiger partial charge in [-0.2, -0.15) is 5.10 Å². The fourth-order valence-electron chi connectivity index (χ4n) is 2.70. The number of hydrogen-bond donors (Lipinski definition) is 1. The fourth-order valence-corrected chi connectivity index (χ4v) is 2.70. The first-order valence-electron chi connectivity index (χ1n) is 7.15. The third kappa shape index (κ3) is 3.35. The van der Waals surface area contributed by atoms with E-state index in [1.54, 1.807) is 16.9 Å². The van der Waals surface area contributed by atoms with Crippen molar-refractivity contribution in [2.24, 2.45) is 11.7 Å². The summed E-state index contributed by atoms with van der Waals surface area (Å²) in [7, 11) is 1.96. The van der Waals surface area contributed by atoms with Crippen molar-refractivity contribution in [1.29, 1.82) is 0 Å². The maximum Gasteiger partial charge on any atom is 0.268 e. The van der Waals surface area contributed by atoms with Gasteiger partial charge in [-0.15, -0.1) is 0 Å². The molecule has 0 amide bonds. The molecule has 106 valence electrons. The lowest BCUT2D eigenvalue weighted by molar-refractivity contribution is 0.396.